The Labute approximate surface area is 155 Å². The van der Waals surface area contributed by atoms with Crippen LogP contribution in [0.25, 0.3) is 10.8 Å². The van der Waals surface area contributed by atoms with Crippen molar-refractivity contribution in [2.75, 3.05) is 6.54 Å². The fraction of sp³-hybridized carbons (Fsp3) is 0.368. The van der Waals surface area contributed by atoms with Crippen LogP contribution >= 0.6 is 11.3 Å². The first kappa shape index (κ1) is 17.1. The number of rotatable bonds is 6. The average Bonchev–Trinajstić information content (AvgIpc) is 3.42. The highest BCUT2D eigenvalue weighted by Gasteiger charge is 2.31. The van der Waals surface area contributed by atoms with Crippen molar-refractivity contribution in [2.45, 2.75) is 38.9 Å². The molecule has 7 heteroatoms. The highest BCUT2D eigenvalue weighted by Crippen LogP contribution is 2.28. The number of nitrogens with zero attached hydrogens (tertiary/aromatic N) is 2. The molecule has 3 aromatic rings. The standard InChI is InChI=1S/C19H21N3O3S/c1-13-15(21-19(25-13)17-7-4-10-26-17)12-22-8-2-6-16(22)18(23)20-11-14-5-3-9-24-14/h3-5,7,9-10,16H,2,6,8,11-12H2,1H3,(H,20,23)/t16-/m1/s1. The zero-order valence-electron chi connectivity index (χ0n) is 14.6. The van der Waals surface area contributed by atoms with Crippen molar-refractivity contribution in [3.05, 3.63) is 53.1 Å². The summed E-state index contributed by atoms with van der Waals surface area (Å²) in [6.45, 7) is 3.86. The Morgan fingerprint density at radius 3 is 3.12 bits per heavy atom. The lowest BCUT2D eigenvalue weighted by atomic mass is 10.2. The van der Waals surface area contributed by atoms with Gasteiger partial charge in [0, 0.05) is 6.54 Å². The van der Waals surface area contributed by atoms with E-state index < -0.39 is 0 Å². The number of likely N-dealkylation sites (tertiary alicyclic amines) is 1. The number of furan rings is 1. The number of hydrogen-bond acceptors (Lipinski definition) is 6. The number of aryl methyl sites for hydroxylation is 1. The molecule has 1 atom stereocenters. The maximum absolute atomic E-state index is 12.6. The number of aromatic nitrogens is 1. The molecule has 0 unspecified atom stereocenters. The first-order chi connectivity index (χ1) is 12.7. The second-order valence-corrected chi connectivity index (χ2v) is 7.37. The van der Waals surface area contributed by atoms with Gasteiger partial charge in [-0.05, 0) is 49.9 Å². The van der Waals surface area contributed by atoms with Crippen LogP contribution < -0.4 is 5.32 Å². The van der Waals surface area contributed by atoms with Gasteiger partial charge in [-0.3, -0.25) is 9.69 Å². The summed E-state index contributed by atoms with van der Waals surface area (Å²) < 4.78 is 11.1. The smallest absolute Gasteiger partial charge is 0.237 e. The van der Waals surface area contributed by atoms with E-state index >= 15 is 0 Å². The molecule has 0 aliphatic carbocycles. The van der Waals surface area contributed by atoms with Gasteiger partial charge in [0.15, 0.2) is 0 Å². The second kappa shape index (κ2) is 7.47. The molecule has 0 aromatic carbocycles. The largest absolute Gasteiger partial charge is 0.467 e. The van der Waals surface area contributed by atoms with E-state index in [2.05, 4.69) is 15.2 Å². The van der Waals surface area contributed by atoms with Gasteiger partial charge < -0.3 is 14.2 Å². The maximum Gasteiger partial charge on any atom is 0.237 e. The Hall–Kier alpha value is -2.38. The van der Waals surface area contributed by atoms with E-state index in [9.17, 15) is 4.79 Å². The van der Waals surface area contributed by atoms with E-state index in [1.54, 1.807) is 17.6 Å². The normalized spacial score (nSPS) is 17.7. The highest BCUT2D eigenvalue weighted by molar-refractivity contribution is 7.13. The zero-order chi connectivity index (χ0) is 17.9. The van der Waals surface area contributed by atoms with E-state index in [4.69, 9.17) is 8.83 Å². The average molecular weight is 371 g/mol. The van der Waals surface area contributed by atoms with E-state index in [0.717, 1.165) is 41.5 Å². The van der Waals surface area contributed by atoms with Crippen LogP contribution in [0.2, 0.25) is 0 Å². The third-order valence-electron chi connectivity index (χ3n) is 4.66. The minimum Gasteiger partial charge on any atom is -0.467 e. The van der Waals surface area contributed by atoms with E-state index in [1.165, 1.54) is 0 Å². The minimum absolute atomic E-state index is 0.0403. The number of thiophene rings is 1. The molecule has 1 aliphatic heterocycles. The summed E-state index contributed by atoms with van der Waals surface area (Å²) in [4.78, 5) is 20.4. The van der Waals surface area contributed by atoms with Gasteiger partial charge in [-0.15, -0.1) is 11.3 Å². The number of nitrogens with one attached hydrogen (secondary N) is 1. The maximum atomic E-state index is 12.6. The fourth-order valence-electron chi connectivity index (χ4n) is 3.29. The molecular weight excluding hydrogens is 350 g/mol. The summed E-state index contributed by atoms with van der Waals surface area (Å²) >= 11 is 1.61. The van der Waals surface area contributed by atoms with Crippen LogP contribution in [-0.2, 0) is 17.9 Å². The Kier molecular flexibility index (Phi) is 4.90. The molecule has 0 spiro atoms. The number of oxazole rings is 1. The third-order valence-corrected chi connectivity index (χ3v) is 5.52. The Balaban J connectivity index is 1.41. The monoisotopic (exact) mass is 371 g/mol. The van der Waals surface area contributed by atoms with Crippen LogP contribution in [0.15, 0.2) is 44.7 Å². The van der Waals surface area contributed by atoms with E-state index in [0.29, 0.717) is 19.0 Å². The number of amides is 1. The van der Waals surface area contributed by atoms with Gasteiger partial charge in [-0.2, -0.15) is 0 Å². The Morgan fingerprint density at radius 2 is 2.35 bits per heavy atom. The van der Waals surface area contributed by atoms with Crippen LogP contribution in [0.4, 0.5) is 0 Å². The molecule has 6 nitrogen and oxygen atoms in total. The van der Waals surface area contributed by atoms with Crippen molar-refractivity contribution in [2.24, 2.45) is 0 Å². The lowest BCUT2D eigenvalue weighted by Gasteiger charge is -2.22. The fourth-order valence-corrected chi connectivity index (χ4v) is 3.94. The zero-order valence-corrected chi connectivity index (χ0v) is 15.4. The number of carbonyl (C=O) groups is 1. The predicted octanol–water partition coefficient (Wildman–Crippen LogP) is 3.59. The summed E-state index contributed by atoms with van der Waals surface area (Å²) in [5, 5.41) is 4.98. The van der Waals surface area contributed by atoms with Crippen LogP contribution in [-0.4, -0.2) is 28.4 Å². The van der Waals surface area contributed by atoms with Crippen molar-refractivity contribution < 1.29 is 13.6 Å². The molecule has 1 saturated heterocycles. The van der Waals surface area contributed by atoms with Crippen LogP contribution in [0.3, 0.4) is 0 Å². The predicted molar refractivity (Wildman–Crippen MR) is 98.5 cm³/mol. The van der Waals surface area contributed by atoms with E-state index in [-0.39, 0.29) is 11.9 Å². The summed E-state index contributed by atoms with van der Waals surface area (Å²) in [6, 6.07) is 7.53. The molecule has 26 heavy (non-hydrogen) atoms. The molecule has 136 valence electrons. The second-order valence-electron chi connectivity index (χ2n) is 6.42. The van der Waals surface area contributed by atoms with Crippen molar-refractivity contribution in [3.63, 3.8) is 0 Å². The molecule has 1 fully saturated rings. The molecule has 1 N–H and O–H groups in total. The quantitative estimate of drug-likeness (QED) is 0.717. The van der Waals surface area contributed by atoms with Crippen molar-refractivity contribution in [1.29, 1.82) is 0 Å². The lowest BCUT2D eigenvalue weighted by Crippen LogP contribution is -2.42. The number of hydrogen-bond donors (Lipinski definition) is 1. The molecule has 4 heterocycles. The SMILES string of the molecule is Cc1oc(-c2cccs2)nc1CN1CCC[C@@H]1C(=O)NCc1ccco1. The van der Waals surface area contributed by atoms with Crippen molar-refractivity contribution in [1.82, 2.24) is 15.2 Å². The highest BCUT2D eigenvalue weighted by atomic mass is 32.1. The molecular formula is C19H21N3O3S. The summed E-state index contributed by atoms with van der Waals surface area (Å²) in [5.41, 5.74) is 0.902. The number of carbonyl (C=O) groups excluding carboxylic acids is 1. The lowest BCUT2D eigenvalue weighted by molar-refractivity contribution is -0.125. The molecule has 3 aromatic heterocycles. The van der Waals surface area contributed by atoms with Gasteiger partial charge in [-0.25, -0.2) is 4.98 Å². The summed E-state index contributed by atoms with van der Waals surface area (Å²) in [6.07, 6.45) is 3.48. The molecule has 0 saturated carbocycles. The minimum atomic E-state index is -0.133. The molecule has 1 amide bonds. The third kappa shape index (κ3) is 3.59. The van der Waals surface area contributed by atoms with Crippen LogP contribution in [0, 0.1) is 6.92 Å². The van der Waals surface area contributed by atoms with Gasteiger partial charge in [0.2, 0.25) is 11.8 Å². The van der Waals surface area contributed by atoms with Gasteiger partial charge in [0.1, 0.15) is 11.5 Å². The van der Waals surface area contributed by atoms with Crippen molar-refractivity contribution >= 4 is 17.2 Å². The summed E-state index contributed by atoms with van der Waals surface area (Å²) in [7, 11) is 0. The van der Waals surface area contributed by atoms with E-state index in [1.807, 2.05) is 36.6 Å². The van der Waals surface area contributed by atoms with Crippen LogP contribution in [0.5, 0.6) is 0 Å². The van der Waals surface area contributed by atoms with Gasteiger partial charge >= 0.3 is 0 Å². The molecule has 1 aliphatic rings. The molecule has 0 bridgehead atoms. The molecule has 4 rings (SSSR count). The van der Waals surface area contributed by atoms with Gasteiger partial charge in [0.05, 0.1) is 29.4 Å². The first-order valence-electron chi connectivity index (χ1n) is 8.75. The first-order valence-corrected chi connectivity index (χ1v) is 9.63. The Morgan fingerprint density at radius 1 is 1.42 bits per heavy atom. The van der Waals surface area contributed by atoms with Gasteiger partial charge in [0.25, 0.3) is 0 Å². The molecule has 0 radical (unpaired) electrons. The van der Waals surface area contributed by atoms with Gasteiger partial charge in [-0.1, -0.05) is 6.07 Å². The topological polar surface area (TPSA) is 71.5 Å². The van der Waals surface area contributed by atoms with Crippen molar-refractivity contribution in [3.8, 4) is 10.8 Å². The van der Waals surface area contributed by atoms with Crippen LogP contribution in [0.1, 0.15) is 30.1 Å². The Bertz CT molecular complexity index is 855. The summed E-state index contributed by atoms with van der Waals surface area (Å²) in [5.74, 6) is 2.27.